The van der Waals surface area contributed by atoms with Crippen LogP contribution in [0.1, 0.15) is 25.7 Å². The lowest BCUT2D eigenvalue weighted by Gasteiger charge is -2.13. The van der Waals surface area contributed by atoms with Crippen LogP contribution in [-0.2, 0) is 20.0 Å². The van der Waals surface area contributed by atoms with Gasteiger partial charge in [-0.2, -0.15) is 4.98 Å². The maximum Gasteiger partial charge on any atom is 0.251 e. The second kappa shape index (κ2) is 9.95. The Kier molecular flexibility index (Phi) is 7.47. The second-order valence-electron chi connectivity index (χ2n) is 7.58. The highest BCUT2D eigenvalue weighted by Crippen LogP contribution is 2.24. The minimum Gasteiger partial charge on any atom is -0.231 e. The first-order chi connectivity index (χ1) is 15.4. The van der Waals surface area contributed by atoms with Gasteiger partial charge in [-0.1, -0.05) is 12.2 Å². The molecule has 0 unspecified atom stereocenters. The second-order valence-corrected chi connectivity index (χ2v) is 11.0. The molecule has 0 atom stereocenters. The summed E-state index contributed by atoms with van der Waals surface area (Å²) in [5.74, 6) is -1.04. The summed E-state index contributed by atoms with van der Waals surface area (Å²) in [4.78, 5) is 16.4. The average molecular weight is 495 g/mol. The van der Waals surface area contributed by atoms with E-state index in [2.05, 4.69) is 20.0 Å². The highest BCUT2D eigenvalue weighted by Gasteiger charge is 2.16. The van der Waals surface area contributed by atoms with Crippen LogP contribution in [0.3, 0.4) is 0 Å². The van der Waals surface area contributed by atoms with Gasteiger partial charge in [-0.05, 0) is 36.1 Å². The van der Waals surface area contributed by atoms with Crippen LogP contribution in [0.15, 0.2) is 62.4 Å². The molecule has 0 saturated heterocycles. The first-order valence-electron chi connectivity index (χ1n) is 9.76. The molecular formula is C20H23FN6O4S2. The summed E-state index contributed by atoms with van der Waals surface area (Å²) < 4.78 is 62.1. The van der Waals surface area contributed by atoms with Gasteiger partial charge in [0.25, 0.3) is 5.95 Å². The number of nitrogens with zero attached hydrogens (tertiary/aromatic N) is 5. The minimum absolute atomic E-state index is 0.0435. The Morgan fingerprint density at radius 2 is 1.58 bits per heavy atom. The Morgan fingerprint density at radius 3 is 2.15 bits per heavy atom. The topological polar surface area (TPSA) is 148 Å². The molecule has 0 bridgehead atoms. The average Bonchev–Trinajstić information content (AvgIpc) is 2.69. The molecule has 1 heterocycles. The molecule has 176 valence electrons. The van der Waals surface area contributed by atoms with Crippen molar-refractivity contribution in [3.05, 3.63) is 58.3 Å². The zero-order valence-electron chi connectivity index (χ0n) is 18.0. The van der Waals surface area contributed by atoms with Crippen molar-refractivity contribution in [2.45, 2.75) is 25.7 Å². The number of sulfonamides is 2. The van der Waals surface area contributed by atoms with Crippen molar-refractivity contribution in [3.63, 3.8) is 0 Å². The van der Waals surface area contributed by atoms with Crippen LogP contribution in [0.2, 0.25) is 0 Å². The standard InChI is InChI=1S/C20H23FN6O4S2/c1-27(2)33(30,31)13-15-6-4-7-16(10-15)24-19-18(21)11-23-20(26-19)25-17-8-3-5-14(9-17)12-32(22,28)29/h3-4,7-8,11-13H,5-6,9-10H2,1-2H3,(H2,22,28,29). The molecule has 13 heteroatoms. The number of rotatable bonds is 5. The minimum atomic E-state index is -3.77. The molecule has 2 N–H and O–H groups in total. The van der Waals surface area contributed by atoms with Gasteiger partial charge in [0.15, 0.2) is 11.6 Å². The van der Waals surface area contributed by atoms with Crippen LogP contribution >= 0.6 is 0 Å². The van der Waals surface area contributed by atoms with Gasteiger partial charge in [0.1, 0.15) is 0 Å². The summed E-state index contributed by atoms with van der Waals surface area (Å²) in [7, 11) is -4.43. The van der Waals surface area contributed by atoms with Crippen molar-refractivity contribution < 1.29 is 21.2 Å². The number of nitrogens with two attached hydrogens (primary N) is 1. The van der Waals surface area contributed by atoms with E-state index in [1.165, 1.54) is 19.5 Å². The molecule has 2 aliphatic carbocycles. The van der Waals surface area contributed by atoms with E-state index in [-0.39, 0.29) is 24.6 Å². The van der Waals surface area contributed by atoms with E-state index in [0.29, 0.717) is 35.4 Å². The van der Waals surface area contributed by atoms with E-state index < -0.39 is 25.9 Å². The molecule has 33 heavy (non-hydrogen) atoms. The lowest BCUT2D eigenvalue weighted by atomic mass is 10.0. The SMILES string of the molecule is CN(C)S(=O)(=O)C=C1CC=CC(=Nc2nc(N=C3C=CCC(=CS(N)(=O)=O)C3)ncc2F)C1. The molecule has 10 nitrogen and oxygen atoms in total. The predicted octanol–water partition coefficient (Wildman–Crippen LogP) is 2.41. The highest BCUT2D eigenvalue weighted by atomic mass is 32.2. The molecule has 1 aromatic heterocycles. The normalized spacial score (nSPS) is 22.2. The number of primary sulfonamides is 1. The molecule has 0 fully saturated rings. The molecule has 0 amide bonds. The highest BCUT2D eigenvalue weighted by molar-refractivity contribution is 7.92. The van der Waals surface area contributed by atoms with E-state index in [0.717, 1.165) is 15.9 Å². The fourth-order valence-electron chi connectivity index (χ4n) is 3.05. The Morgan fingerprint density at radius 1 is 1.00 bits per heavy atom. The Hall–Kier alpha value is -2.87. The molecule has 0 aromatic carbocycles. The van der Waals surface area contributed by atoms with Gasteiger partial charge in [0, 0.05) is 49.2 Å². The Bertz CT molecular complexity index is 1340. The van der Waals surface area contributed by atoms with Crippen LogP contribution in [0.25, 0.3) is 0 Å². The van der Waals surface area contributed by atoms with Gasteiger partial charge in [0.05, 0.1) is 6.20 Å². The summed E-state index contributed by atoms with van der Waals surface area (Å²) in [5, 5.41) is 7.23. The van der Waals surface area contributed by atoms with E-state index in [9.17, 15) is 21.2 Å². The lowest BCUT2D eigenvalue weighted by Crippen LogP contribution is -2.20. The monoisotopic (exact) mass is 494 g/mol. The molecule has 0 radical (unpaired) electrons. The number of aromatic nitrogens is 2. The van der Waals surface area contributed by atoms with E-state index in [4.69, 9.17) is 5.14 Å². The summed E-state index contributed by atoms with van der Waals surface area (Å²) in [6, 6.07) is 0. The fraction of sp³-hybridized carbons (Fsp3) is 0.300. The first-order valence-corrected chi connectivity index (χ1v) is 12.9. The van der Waals surface area contributed by atoms with Gasteiger partial charge < -0.3 is 0 Å². The van der Waals surface area contributed by atoms with E-state index in [1.807, 2.05) is 0 Å². The Labute approximate surface area is 192 Å². The fourth-order valence-corrected chi connectivity index (χ4v) is 4.50. The van der Waals surface area contributed by atoms with Crippen molar-refractivity contribution >= 4 is 43.2 Å². The van der Waals surface area contributed by atoms with Gasteiger partial charge in [-0.3, -0.25) is 0 Å². The van der Waals surface area contributed by atoms with Crippen molar-refractivity contribution in [1.29, 1.82) is 0 Å². The van der Waals surface area contributed by atoms with Crippen molar-refractivity contribution in [1.82, 2.24) is 14.3 Å². The molecule has 2 aliphatic rings. The predicted molar refractivity (Wildman–Crippen MR) is 125 cm³/mol. The molecular weight excluding hydrogens is 471 g/mol. The molecule has 0 spiro atoms. The molecule has 0 aliphatic heterocycles. The van der Waals surface area contributed by atoms with Crippen LogP contribution in [0.4, 0.5) is 16.2 Å². The van der Waals surface area contributed by atoms with Crippen molar-refractivity contribution in [2.24, 2.45) is 15.1 Å². The van der Waals surface area contributed by atoms with Gasteiger partial charge in [-0.15, -0.1) is 0 Å². The maximum absolute atomic E-state index is 14.3. The third-order valence-electron chi connectivity index (χ3n) is 4.56. The molecule has 3 rings (SSSR count). The number of halogens is 1. The van der Waals surface area contributed by atoms with E-state index >= 15 is 0 Å². The number of allylic oxidation sites excluding steroid dienone is 6. The van der Waals surface area contributed by atoms with Gasteiger partial charge in [-0.25, -0.2) is 45.6 Å². The number of hydrogen-bond donors (Lipinski definition) is 1. The first kappa shape index (κ1) is 24.8. The quantitative estimate of drug-likeness (QED) is 0.664. The zero-order valence-corrected chi connectivity index (χ0v) is 19.6. The van der Waals surface area contributed by atoms with Crippen LogP contribution < -0.4 is 5.14 Å². The lowest BCUT2D eigenvalue weighted by molar-refractivity contribution is 0.530. The zero-order chi connectivity index (χ0) is 24.2. The number of hydrogen-bond acceptors (Lipinski definition) is 8. The van der Waals surface area contributed by atoms with Crippen molar-refractivity contribution in [3.8, 4) is 0 Å². The third-order valence-corrected chi connectivity index (χ3v) is 6.87. The van der Waals surface area contributed by atoms with Crippen LogP contribution in [-0.4, -0.2) is 56.6 Å². The number of aliphatic imine (C=N–C) groups is 2. The van der Waals surface area contributed by atoms with Crippen LogP contribution in [0, 0.1) is 5.82 Å². The largest absolute Gasteiger partial charge is 0.251 e. The molecule has 0 saturated carbocycles. The van der Waals surface area contributed by atoms with E-state index in [1.54, 1.807) is 24.3 Å². The smallest absolute Gasteiger partial charge is 0.231 e. The van der Waals surface area contributed by atoms with Gasteiger partial charge in [0.2, 0.25) is 20.0 Å². The summed E-state index contributed by atoms with van der Waals surface area (Å²) in [6.07, 6.45) is 9.11. The summed E-state index contributed by atoms with van der Waals surface area (Å²) >= 11 is 0. The van der Waals surface area contributed by atoms with Crippen LogP contribution in [0.5, 0.6) is 0 Å². The Balaban J connectivity index is 1.87. The summed E-state index contributed by atoms with van der Waals surface area (Å²) in [5.41, 5.74) is 2.09. The maximum atomic E-state index is 14.3. The molecule has 1 aromatic rings. The third kappa shape index (κ3) is 7.32. The van der Waals surface area contributed by atoms with Crippen molar-refractivity contribution in [2.75, 3.05) is 14.1 Å². The summed E-state index contributed by atoms with van der Waals surface area (Å²) in [6.45, 7) is 0. The van der Waals surface area contributed by atoms with Gasteiger partial charge >= 0.3 is 0 Å².